The SMILES string of the molecule is COCc1cc(Cl)c2cc(Br)cc(F)c2n1. The van der Waals surface area contributed by atoms with Gasteiger partial charge >= 0.3 is 0 Å². The second kappa shape index (κ2) is 4.65. The van der Waals surface area contributed by atoms with E-state index in [1.807, 2.05) is 0 Å². The number of pyridine rings is 1. The van der Waals surface area contributed by atoms with E-state index >= 15 is 0 Å². The van der Waals surface area contributed by atoms with Crippen molar-refractivity contribution in [2.75, 3.05) is 7.11 Å². The molecule has 0 amide bonds. The molecule has 0 atom stereocenters. The molecule has 5 heteroatoms. The van der Waals surface area contributed by atoms with Crippen LogP contribution in [0.2, 0.25) is 5.02 Å². The molecular formula is C11H8BrClFNO. The maximum absolute atomic E-state index is 13.7. The molecule has 0 radical (unpaired) electrons. The Hall–Kier alpha value is -0.710. The van der Waals surface area contributed by atoms with E-state index in [2.05, 4.69) is 20.9 Å². The third kappa shape index (κ3) is 2.19. The van der Waals surface area contributed by atoms with E-state index in [0.29, 0.717) is 27.2 Å². The minimum absolute atomic E-state index is 0.266. The van der Waals surface area contributed by atoms with Crippen LogP contribution in [-0.4, -0.2) is 12.1 Å². The lowest BCUT2D eigenvalue weighted by atomic mass is 10.2. The monoisotopic (exact) mass is 303 g/mol. The summed E-state index contributed by atoms with van der Waals surface area (Å²) in [6.45, 7) is 0.311. The molecule has 0 fully saturated rings. The lowest BCUT2D eigenvalue weighted by molar-refractivity contribution is 0.182. The molecule has 0 bridgehead atoms. The van der Waals surface area contributed by atoms with E-state index in [9.17, 15) is 4.39 Å². The van der Waals surface area contributed by atoms with Gasteiger partial charge in [0.15, 0.2) is 5.82 Å². The minimum atomic E-state index is -0.399. The Bertz CT molecular complexity index is 547. The van der Waals surface area contributed by atoms with Gasteiger partial charge in [-0.3, -0.25) is 0 Å². The van der Waals surface area contributed by atoms with Crippen LogP contribution in [0.15, 0.2) is 22.7 Å². The first kappa shape index (κ1) is 11.8. The van der Waals surface area contributed by atoms with Crippen molar-refractivity contribution in [2.24, 2.45) is 0 Å². The fourth-order valence-corrected chi connectivity index (χ4v) is 2.18. The van der Waals surface area contributed by atoms with Gasteiger partial charge in [-0.2, -0.15) is 0 Å². The first-order valence-corrected chi connectivity index (χ1v) is 5.72. The van der Waals surface area contributed by atoms with Crippen molar-refractivity contribution in [3.05, 3.63) is 39.2 Å². The summed E-state index contributed by atoms with van der Waals surface area (Å²) in [5, 5.41) is 1.06. The number of aromatic nitrogens is 1. The molecule has 0 aliphatic carbocycles. The van der Waals surface area contributed by atoms with Gasteiger partial charge in [-0.05, 0) is 18.2 Å². The molecule has 16 heavy (non-hydrogen) atoms. The molecule has 0 aliphatic rings. The topological polar surface area (TPSA) is 22.1 Å². The maximum atomic E-state index is 13.7. The molecule has 0 saturated carbocycles. The molecule has 1 aromatic carbocycles. The van der Waals surface area contributed by atoms with Gasteiger partial charge in [0, 0.05) is 17.0 Å². The van der Waals surface area contributed by atoms with Crippen LogP contribution in [-0.2, 0) is 11.3 Å². The highest BCUT2D eigenvalue weighted by Gasteiger charge is 2.09. The average Bonchev–Trinajstić information content (AvgIpc) is 2.20. The summed E-state index contributed by atoms with van der Waals surface area (Å²) in [6, 6.07) is 4.78. The van der Waals surface area contributed by atoms with Crippen LogP contribution in [0, 0.1) is 5.82 Å². The van der Waals surface area contributed by atoms with Gasteiger partial charge < -0.3 is 4.74 Å². The van der Waals surface area contributed by atoms with Gasteiger partial charge in [0.2, 0.25) is 0 Å². The van der Waals surface area contributed by atoms with Gasteiger partial charge in [-0.15, -0.1) is 0 Å². The maximum Gasteiger partial charge on any atom is 0.150 e. The molecule has 0 N–H and O–H groups in total. The first-order chi connectivity index (χ1) is 7.61. The summed E-state index contributed by atoms with van der Waals surface area (Å²) in [5.74, 6) is -0.399. The standard InChI is InChI=1S/C11H8BrClFNO/c1-16-5-7-4-9(13)8-2-6(12)3-10(14)11(8)15-7/h2-4H,5H2,1H3. The minimum Gasteiger partial charge on any atom is -0.378 e. The first-order valence-electron chi connectivity index (χ1n) is 4.55. The van der Waals surface area contributed by atoms with Gasteiger partial charge in [0.05, 0.1) is 17.3 Å². The number of methoxy groups -OCH3 is 1. The van der Waals surface area contributed by atoms with Gasteiger partial charge in [0.1, 0.15) is 5.52 Å². The van der Waals surface area contributed by atoms with E-state index in [1.165, 1.54) is 6.07 Å². The zero-order chi connectivity index (χ0) is 11.7. The summed E-state index contributed by atoms with van der Waals surface area (Å²) in [5.41, 5.74) is 0.879. The van der Waals surface area contributed by atoms with Crippen LogP contribution in [0.3, 0.4) is 0 Å². The van der Waals surface area contributed by atoms with Crippen LogP contribution < -0.4 is 0 Å². The molecule has 1 aromatic heterocycles. The normalized spacial score (nSPS) is 11.0. The van der Waals surface area contributed by atoms with E-state index in [0.717, 1.165) is 0 Å². The van der Waals surface area contributed by atoms with E-state index in [4.69, 9.17) is 16.3 Å². The number of benzene rings is 1. The summed E-state index contributed by atoms with van der Waals surface area (Å²) in [6.07, 6.45) is 0. The Morgan fingerprint density at radius 3 is 2.88 bits per heavy atom. The molecule has 0 spiro atoms. The molecule has 2 aromatic rings. The largest absolute Gasteiger partial charge is 0.378 e. The Morgan fingerprint density at radius 2 is 2.19 bits per heavy atom. The van der Waals surface area contributed by atoms with Crippen molar-refractivity contribution in [1.29, 1.82) is 0 Å². The van der Waals surface area contributed by atoms with E-state index in [1.54, 1.807) is 19.2 Å². The smallest absolute Gasteiger partial charge is 0.150 e. The molecular weight excluding hydrogens is 296 g/mol. The van der Waals surface area contributed by atoms with E-state index < -0.39 is 5.82 Å². The summed E-state index contributed by atoms with van der Waals surface area (Å²) in [7, 11) is 1.55. The quantitative estimate of drug-likeness (QED) is 0.838. The summed E-state index contributed by atoms with van der Waals surface area (Å²) < 4.78 is 19.2. The third-order valence-corrected chi connectivity index (χ3v) is 2.90. The number of nitrogens with zero attached hydrogens (tertiary/aromatic N) is 1. The fourth-order valence-electron chi connectivity index (χ4n) is 1.48. The highest BCUT2D eigenvalue weighted by molar-refractivity contribution is 9.10. The zero-order valence-electron chi connectivity index (χ0n) is 8.43. The Morgan fingerprint density at radius 1 is 1.44 bits per heavy atom. The van der Waals surface area contributed by atoms with Crippen molar-refractivity contribution in [3.8, 4) is 0 Å². The number of rotatable bonds is 2. The van der Waals surface area contributed by atoms with Crippen molar-refractivity contribution < 1.29 is 9.13 Å². The number of halogens is 3. The van der Waals surface area contributed by atoms with Crippen LogP contribution >= 0.6 is 27.5 Å². The molecule has 0 unspecified atom stereocenters. The zero-order valence-corrected chi connectivity index (χ0v) is 10.8. The van der Waals surface area contributed by atoms with Crippen LogP contribution in [0.4, 0.5) is 4.39 Å². The number of hydrogen-bond acceptors (Lipinski definition) is 2. The van der Waals surface area contributed by atoms with Crippen LogP contribution in [0.5, 0.6) is 0 Å². The van der Waals surface area contributed by atoms with Gasteiger partial charge in [0.25, 0.3) is 0 Å². The molecule has 0 aliphatic heterocycles. The van der Waals surface area contributed by atoms with Crippen LogP contribution in [0.1, 0.15) is 5.69 Å². The van der Waals surface area contributed by atoms with E-state index in [-0.39, 0.29) is 5.52 Å². The highest BCUT2D eigenvalue weighted by atomic mass is 79.9. The second-order valence-electron chi connectivity index (χ2n) is 3.31. The number of hydrogen-bond donors (Lipinski definition) is 0. The van der Waals surface area contributed by atoms with Crippen molar-refractivity contribution >= 4 is 38.4 Å². The van der Waals surface area contributed by atoms with Crippen molar-refractivity contribution in [3.63, 3.8) is 0 Å². The molecule has 0 saturated heterocycles. The fraction of sp³-hybridized carbons (Fsp3) is 0.182. The van der Waals surface area contributed by atoms with Crippen LogP contribution in [0.25, 0.3) is 10.9 Å². The van der Waals surface area contributed by atoms with Gasteiger partial charge in [-0.1, -0.05) is 27.5 Å². The molecule has 2 rings (SSSR count). The average molecular weight is 305 g/mol. The predicted molar refractivity (Wildman–Crippen MR) is 65.1 cm³/mol. The number of fused-ring (bicyclic) bond motifs is 1. The summed E-state index contributed by atoms with van der Waals surface area (Å²) in [4.78, 5) is 4.16. The van der Waals surface area contributed by atoms with Crippen molar-refractivity contribution in [2.45, 2.75) is 6.61 Å². The lowest BCUT2D eigenvalue weighted by Crippen LogP contribution is -1.95. The lowest BCUT2D eigenvalue weighted by Gasteiger charge is -2.06. The molecule has 84 valence electrons. The third-order valence-electron chi connectivity index (χ3n) is 2.13. The molecule has 1 heterocycles. The Balaban J connectivity index is 2.71. The van der Waals surface area contributed by atoms with Crippen molar-refractivity contribution in [1.82, 2.24) is 4.98 Å². The Kier molecular flexibility index (Phi) is 3.42. The number of ether oxygens (including phenoxy) is 1. The highest BCUT2D eigenvalue weighted by Crippen LogP contribution is 2.28. The Labute approximate surface area is 106 Å². The second-order valence-corrected chi connectivity index (χ2v) is 4.64. The van der Waals surface area contributed by atoms with Gasteiger partial charge in [-0.25, -0.2) is 9.37 Å². The summed E-state index contributed by atoms with van der Waals surface area (Å²) >= 11 is 9.27. The predicted octanol–water partition coefficient (Wildman–Crippen LogP) is 3.94. The molecule has 2 nitrogen and oxygen atoms in total.